The van der Waals surface area contributed by atoms with Crippen LogP contribution in [-0.2, 0) is 16.0 Å². The average molecular weight is 371 g/mol. The van der Waals surface area contributed by atoms with Gasteiger partial charge in [0.05, 0.1) is 5.92 Å². The first-order chi connectivity index (χ1) is 11.5. The minimum atomic E-state index is -1.02. The molecule has 0 saturated carbocycles. The molecule has 0 spiro atoms. The molecular weight excluding hydrogens is 350 g/mol. The zero-order valence-electron chi connectivity index (χ0n) is 13.4. The van der Waals surface area contributed by atoms with Gasteiger partial charge in [0, 0.05) is 5.75 Å². The van der Waals surface area contributed by atoms with E-state index in [0.29, 0.717) is 35.8 Å². The molecule has 8 heteroatoms. The van der Waals surface area contributed by atoms with Gasteiger partial charge in [-0.1, -0.05) is 6.07 Å². The number of carboxylic acid groups (broad SMARTS) is 1. The van der Waals surface area contributed by atoms with Crippen molar-refractivity contribution in [3.05, 3.63) is 23.8 Å². The highest BCUT2D eigenvalue weighted by Crippen LogP contribution is 2.33. The zero-order chi connectivity index (χ0) is 17.5. The van der Waals surface area contributed by atoms with Crippen molar-refractivity contribution in [1.82, 2.24) is 5.32 Å². The third kappa shape index (κ3) is 4.98. The Hall–Kier alpha value is -1.54. The highest BCUT2D eigenvalue weighted by atomic mass is 32.2. The van der Waals surface area contributed by atoms with E-state index >= 15 is 0 Å². The molecule has 1 heterocycles. The molecule has 1 aromatic carbocycles. The van der Waals surface area contributed by atoms with E-state index in [-0.39, 0.29) is 12.7 Å². The Morgan fingerprint density at radius 2 is 2.12 bits per heavy atom. The van der Waals surface area contributed by atoms with Crippen molar-refractivity contribution in [3.63, 3.8) is 0 Å². The number of benzene rings is 1. The van der Waals surface area contributed by atoms with Crippen LogP contribution < -0.4 is 14.8 Å². The van der Waals surface area contributed by atoms with Crippen LogP contribution in [0.4, 0.5) is 0 Å². The van der Waals surface area contributed by atoms with Crippen molar-refractivity contribution in [2.45, 2.75) is 18.9 Å². The van der Waals surface area contributed by atoms with Crippen LogP contribution in [-0.4, -0.2) is 47.6 Å². The fourth-order valence-corrected chi connectivity index (χ4v) is 3.14. The van der Waals surface area contributed by atoms with Crippen LogP contribution in [0.3, 0.4) is 0 Å². The van der Waals surface area contributed by atoms with Crippen molar-refractivity contribution in [2.24, 2.45) is 5.92 Å². The van der Waals surface area contributed by atoms with Crippen LogP contribution in [0.5, 0.6) is 11.5 Å². The van der Waals surface area contributed by atoms with Crippen molar-refractivity contribution >= 4 is 36.3 Å². The van der Waals surface area contributed by atoms with E-state index in [0.717, 1.165) is 5.56 Å². The Morgan fingerprint density at radius 1 is 1.38 bits per heavy atom. The number of rotatable bonds is 9. The summed E-state index contributed by atoms with van der Waals surface area (Å²) in [5.41, 5.74) is 0.921. The number of fused-ring (bicyclic) bond motifs is 1. The number of carboxylic acids is 1. The molecule has 1 amide bonds. The number of ether oxygens (including phenoxy) is 2. The molecule has 2 unspecified atom stereocenters. The molecule has 2 atom stereocenters. The van der Waals surface area contributed by atoms with Crippen molar-refractivity contribution in [3.8, 4) is 11.5 Å². The molecule has 1 aromatic rings. The second kappa shape index (κ2) is 9.08. The summed E-state index contributed by atoms with van der Waals surface area (Å²) < 4.78 is 10.6. The molecule has 0 radical (unpaired) electrons. The molecule has 2 rings (SSSR count). The maximum Gasteiger partial charge on any atom is 0.326 e. The summed E-state index contributed by atoms with van der Waals surface area (Å²) in [6.07, 6.45) is 2.75. The topological polar surface area (TPSA) is 84.9 Å². The van der Waals surface area contributed by atoms with E-state index < -0.39 is 17.9 Å². The van der Waals surface area contributed by atoms with Crippen molar-refractivity contribution < 1.29 is 24.2 Å². The Morgan fingerprint density at radius 3 is 2.79 bits per heavy atom. The van der Waals surface area contributed by atoms with Gasteiger partial charge in [-0.05, 0) is 42.5 Å². The lowest BCUT2D eigenvalue weighted by Crippen LogP contribution is -2.44. The van der Waals surface area contributed by atoms with E-state index in [1.54, 1.807) is 11.8 Å². The maximum absolute atomic E-state index is 12.4. The molecule has 132 valence electrons. The number of hydrogen-bond acceptors (Lipinski definition) is 6. The molecule has 0 saturated heterocycles. The van der Waals surface area contributed by atoms with Gasteiger partial charge < -0.3 is 19.9 Å². The number of aliphatic carboxylic acids is 1. The molecule has 0 fully saturated rings. The molecule has 0 bridgehead atoms. The van der Waals surface area contributed by atoms with Crippen LogP contribution in [0.15, 0.2) is 18.2 Å². The average Bonchev–Trinajstić information content (AvgIpc) is 3.03. The lowest BCUT2D eigenvalue weighted by molar-refractivity contribution is -0.142. The van der Waals surface area contributed by atoms with E-state index in [9.17, 15) is 14.7 Å². The zero-order valence-corrected chi connectivity index (χ0v) is 15.1. The van der Waals surface area contributed by atoms with Crippen LogP contribution in [0.2, 0.25) is 0 Å². The van der Waals surface area contributed by atoms with Crippen LogP contribution in [0.25, 0.3) is 0 Å². The quantitative estimate of drug-likeness (QED) is 0.574. The molecule has 0 aromatic heterocycles. The Balaban J connectivity index is 1.99. The number of carbonyl (C=O) groups excluding carboxylic acids is 1. The van der Waals surface area contributed by atoms with Gasteiger partial charge >= 0.3 is 5.97 Å². The molecular formula is C16H21NO5S2. The summed E-state index contributed by atoms with van der Waals surface area (Å²) in [6, 6.07) is 4.65. The minimum Gasteiger partial charge on any atom is -0.480 e. The molecule has 2 N–H and O–H groups in total. The van der Waals surface area contributed by atoms with Crippen molar-refractivity contribution in [2.75, 3.05) is 24.6 Å². The van der Waals surface area contributed by atoms with E-state index in [2.05, 4.69) is 17.9 Å². The van der Waals surface area contributed by atoms with E-state index in [1.807, 2.05) is 24.5 Å². The largest absolute Gasteiger partial charge is 0.480 e. The summed E-state index contributed by atoms with van der Waals surface area (Å²) in [7, 11) is 0. The van der Waals surface area contributed by atoms with Crippen LogP contribution in [0, 0.1) is 5.92 Å². The van der Waals surface area contributed by atoms with Gasteiger partial charge in [0.25, 0.3) is 0 Å². The number of thiol groups is 1. The second-order valence-corrected chi connectivity index (χ2v) is 6.80. The first-order valence-electron chi connectivity index (χ1n) is 7.56. The number of thioether (sulfide) groups is 1. The van der Waals surface area contributed by atoms with Gasteiger partial charge in [-0.15, -0.1) is 0 Å². The first-order valence-corrected chi connectivity index (χ1v) is 9.59. The molecule has 1 aliphatic rings. The monoisotopic (exact) mass is 371 g/mol. The predicted molar refractivity (Wildman–Crippen MR) is 96.2 cm³/mol. The number of hydrogen-bond donors (Lipinski definition) is 3. The summed E-state index contributed by atoms with van der Waals surface area (Å²) in [4.78, 5) is 23.7. The van der Waals surface area contributed by atoms with E-state index in [1.165, 1.54) is 0 Å². The number of amides is 1. The summed E-state index contributed by atoms with van der Waals surface area (Å²) in [6.45, 7) is 0.199. The highest BCUT2D eigenvalue weighted by molar-refractivity contribution is 7.98. The fourth-order valence-electron chi connectivity index (χ4n) is 2.38. The van der Waals surface area contributed by atoms with E-state index in [4.69, 9.17) is 9.47 Å². The number of nitrogens with one attached hydrogen (secondary N) is 1. The second-order valence-electron chi connectivity index (χ2n) is 5.45. The van der Waals surface area contributed by atoms with Crippen molar-refractivity contribution in [1.29, 1.82) is 0 Å². The van der Waals surface area contributed by atoms with Gasteiger partial charge in [0.15, 0.2) is 11.5 Å². The molecule has 24 heavy (non-hydrogen) atoms. The van der Waals surface area contributed by atoms with Gasteiger partial charge in [0.2, 0.25) is 12.7 Å². The number of carbonyl (C=O) groups is 2. The Bertz CT molecular complexity index is 596. The predicted octanol–water partition coefficient (Wildman–Crippen LogP) is 1.83. The SMILES string of the molecule is CSCCC(NC(=O)C(CS)Cc1ccc2c(c1)OCO2)C(=O)O. The fraction of sp³-hybridized carbons (Fsp3) is 0.500. The summed E-state index contributed by atoms with van der Waals surface area (Å²) in [5, 5.41) is 11.8. The third-order valence-corrected chi connectivity index (χ3v) is 4.82. The molecule has 1 aliphatic heterocycles. The minimum absolute atomic E-state index is 0.199. The normalized spacial score (nSPS) is 14.9. The molecule has 0 aliphatic carbocycles. The van der Waals surface area contributed by atoms with Crippen LogP contribution in [0.1, 0.15) is 12.0 Å². The lowest BCUT2D eigenvalue weighted by atomic mass is 9.99. The molecule has 6 nitrogen and oxygen atoms in total. The first kappa shape index (κ1) is 18.8. The maximum atomic E-state index is 12.4. The third-order valence-electron chi connectivity index (χ3n) is 3.74. The van der Waals surface area contributed by atoms with Gasteiger partial charge in [-0.25, -0.2) is 4.79 Å². The Labute approximate surface area is 150 Å². The van der Waals surface area contributed by atoms with Gasteiger partial charge in [-0.2, -0.15) is 24.4 Å². The van der Waals surface area contributed by atoms with Gasteiger partial charge in [0.1, 0.15) is 6.04 Å². The Kier molecular flexibility index (Phi) is 7.11. The summed E-state index contributed by atoms with van der Waals surface area (Å²) >= 11 is 5.79. The highest BCUT2D eigenvalue weighted by Gasteiger charge is 2.25. The van der Waals surface area contributed by atoms with Gasteiger partial charge in [-0.3, -0.25) is 4.79 Å². The smallest absolute Gasteiger partial charge is 0.326 e. The summed E-state index contributed by atoms with van der Waals surface area (Å²) in [5.74, 6) is 0.627. The van der Waals surface area contributed by atoms with Crippen LogP contribution >= 0.6 is 24.4 Å². The standard InChI is InChI=1S/C16H21NO5S2/c1-24-5-4-12(16(19)20)17-15(18)11(8-23)6-10-2-3-13-14(7-10)22-9-21-13/h2-3,7,11-12,23H,4-6,8-9H2,1H3,(H,17,18)(H,19,20). The lowest BCUT2D eigenvalue weighted by Gasteiger charge is -2.19.